The molecule has 0 aliphatic carbocycles. The third-order valence-electron chi connectivity index (χ3n) is 4.39. The van der Waals surface area contributed by atoms with E-state index in [1.165, 1.54) is 0 Å². The molecule has 2 amide bonds. The van der Waals surface area contributed by atoms with Crippen LogP contribution in [0.15, 0.2) is 60.8 Å². The number of benzene rings is 2. The Labute approximate surface area is 161 Å². The van der Waals surface area contributed by atoms with E-state index in [-0.39, 0.29) is 25.3 Å². The van der Waals surface area contributed by atoms with E-state index in [9.17, 15) is 19.5 Å². The highest BCUT2D eigenvalue weighted by Crippen LogP contribution is 2.17. The molecule has 144 valence electrons. The number of aromatic amines is 1. The van der Waals surface area contributed by atoms with Gasteiger partial charge in [0.1, 0.15) is 6.04 Å². The minimum atomic E-state index is -1.12. The van der Waals surface area contributed by atoms with Gasteiger partial charge in [-0.25, -0.2) is 4.79 Å². The molecule has 0 bridgehead atoms. The third kappa shape index (κ3) is 4.97. The molecular weight excluding hydrogens is 358 g/mol. The van der Waals surface area contributed by atoms with Gasteiger partial charge in [0, 0.05) is 23.5 Å². The van der Waals surface area contributed by atoms with E-state index in [4.69, 9.17) is 0 Å². The van der Waals surface area contributed by atoms with Crippen molar-refractivity contribution in [3.63, 3.8) is 0 Å². The summed E-state index contributed by atoms with van der Waals surface area (Å²) in [6.45, 7) is -0.278. The number of carboxylic acid groups (broad SMARTS) is 1. The summed E-state index contributed by atoms with van der Waals surface area (Å²) in [7, 11) is 0. The second-order valence-electron chi connectivity index (χ2n) is 6.46. The summed E-state index contributed by atoms with van der Waals surface area (Å²) in [4.78, 5) is 38.7. The van der Waals surface area contributed by atoms with Gasteiger partial charge in [-0.15, -0.1) is 0 Å². The number of hydrogen-bond acceptors (Lipinski definition) is 3. The minimum absolute atomic E-state index is 0.129. The molecule has 0 saturated heterocycles. The van der Waals surface area contributed by atoms with Crippen LogP contribution in [-0.2, 0) is 27.2 Å². The number of para-hydroxylation sites is 1. The van der Waals surface area contributed by atoms with Crippen molar-refractivity contribution in [1.29, 1.82) is 0 Å². The summed E-state index contributed by atoms with van der Waals surface area (Å²) >= 11 is 0. The van der Waals surface area contributed by atoms with Gasteiger partial charge in [0.2, 0.25) is 11.8 Å². The highest BCUT2D eigenvalue weighted by atomic mass is 16.4. The summed E-state index contributed by atoms with van der Waals surface area (Å²) < 4.78 is 0. The average Bonchev–Trinajstić information content (AvgIpc) is 3.09. The summed E-state index contributed by atoms with van der Waals surface area (Å²) in [5.41, 5.74) is 2.58. The highest BCUT2D eigenvalue weighted by molar-refractivity contribution is 5.91. The Balaban J connectivity index is 1.51. The molecule has 0 spiro atoms. The largest absolute Gasteiger partial charge is 0.480 e. The molecule has 28 heavy (non-hydrogen) atoms. The van der Waals surface area contributed by atoms with Crippen LogP contribution in [0.25, 0.3) is 10.9 Å². The Kier molecular flexibility index (Phi) is 6.06. The topological polar surface area (TPSA) is 111 Å². The fourth-order valence-electron chi connectivity index (χ4n) is 2.99. The molecule has 0 saturated carbocycles. The van der Waals surface area contributed by atoms with E-state index in [0.717, 1.165) is 22.0 Å². The molecule has 3 rings (SSSR count). The molecule has 0 radical (unpaired) electrons. The lowest BCUT2D eigenvalue weighted by Gasteiger charge is -2.15. The Bertz CT molecular complexity index is 981. The maximum atomic E-state index is 12.1. The summed E-state index contributed by atoms with van der Waals surface area (Å²) in [5, 5.41) is 15.3. The van der Waals surface area contributed by atoms with Gasteiger partial charge in [-0.2, -0.15) is 0 Å². The predicted octanol–water partition coefficient (Wildman–Crippen LogP) is 1.64. The van der Waals surface area contributed by atoms with Gasteiger partial charge < -0.3 is 20.7 Å². The monoisotopic (exact) mass is 379 g/mol. The summed E-state index contributed by atoms with van der Waals surface area (Å²) in [6, 6.07) is 15.6. The number of aromatic nitrogens is 1. The van der Waals surface area contributed by atoms with E-state index < -0.39 is 17.9 Å². The number of aliphatic carboxylic acids is 1. The molecule has 0 aliphatic rings. The first-order valence-electron chi connectivity index (χ1n) is 8.90. The fraction of sp³-hybridized carbons (Fsp3) is 0.190. The lowest BCUT2D eigenvalue weighted by Crippen LogP contribution is -2.46. The molecule has 0 unspecified atom stereocenters. The van der Waals surface area contributed by atoms with Crippen LogP contribution < -0.4 is 10.6 Å². The SMILES string of the molecule is O=C(Cc1c[nH]c2ccccc12)NCC(=O)N[C@H](Cc1ccccc1)C(=O)O. The molecule has 4 N–H and O–H groups in total. The van der Waals surface area contributed by atoms with Crippen LogP contribution in [0.1, 0.15) is 11.1 Å². The molecule has 1 aromatic heterocycles. The van der Waals surface area contributed by atoms with Crippen molar-refractivity contribution in [3.05, 3.63) is 71.9 Å². The average molecular weight is 379 g/mol. The van der Waals surface area contributed by atoms with E-state index >= 15 is 0 Å². The number of rotatable bonds is 8. The molecule has 1 atom stereocenters. The zero-order chi connectivity index (χ0) is 19.9. The molecule has 0 fully saturated rings. The smallest absolute Gasteiger partial charge is 0.326 e. The Hall–Kier alpha value is -3.61. The zero-order valence-electron chi connectivity index (χ0n) is 15.1. The maximum absolute atomic E-state index is 12.1. The first kappa shape index (κ1) is 19.2. The number of carboxylic acids is 1. The number of nitrogens with one attached hydrogen (secondary N) is 3. The van der Waals surface area contributed by atoms with Gasteiger partial charge in [0.05, 0.1) is 13.0 Å². The fourth-order valence-corrected chi connectivity index (χ4v) is 2.99. The molecule has 2 aromatic carbocycles. The van der Waals surface area contributed by atoms with Crippen LogP contribution in [0.4, 0.5) is 0 Å². The Morgan fingerprint density at radius 3 is 2.43 bits per heavy atom. The van der Waals surface area contributed by atoms with Crippen molar-refractivity contribution in [2.75, 3.05) is 6.54 Å². The van der Waals surface area contributed by atoms with E-state index in [0.29, 0.717) is 0 Å². The quantitative estimate of drug-likeness (QED) is 0.477. The van der Waals surface area contributed by atoms with Crippen LogP contribution in [0, 0.1) is 0 Å². The van der Waals surface area contributed by atoms with Gasteiger partial charge in [0.25, 0.3) is 0 Å². The molecular formula is C21H21N3O4. The molecule has 7 nitrogen and oxygen atoms in total. The van der Waals surface area contributed by atoms with Crippen LogP contribution in [0.3, 0.4) is 0 Å². The second-order valence-corrected chi connectivity index (χ2v) is 6.46. The minimum Gasteiger partial charge on any atom is -0.480 e. The van der Waals surface area contributed by atoms with Crippen LogP contribution in [0.5, 0.6) is 0 Å². The van der Waals surface area contributed by atoms with Crippen molar-refractivity contribution in [2.24, 2.45) is 0 Å². The van der Waals surface area contributed by atoms with Gasteiger partial charge >= 0.3 is 5.97 Å². The molecule has 0 aliphatic heterocycles. The Morgan fingerprint density at radius 2 is 1.68 bits per heavy atom. The normalized spacial score (nSPS) is 11.7. The lowest BCUT2D eigenvalue weighted by atomic mass is 10.1. The van der Waals surface area contributed by atoms with E-state index in [1.54, 1.807) is 30.5 Å². The van der Waals surface area contributed by atoms with Crippen molar-refractivity contribution in [3.8, 4) is 0 Å². The standard InChI is InChI=1S/C21H21N3O4/c25-19(11-15-12-22-17-9-5-4-8-16(15)17)23-13-20(26)24-18(21(27)28)10-14-6-2-1-3-7-14/h1-9,12,18,22H,10-11,13H2,(H,23,25)(H,24,26)(H,27,28)/t18-/m1/s1. The summed E-state index contributed by atoms with van der Waals surface area (Å²) in [6.07, 6.45) is 2.07. The van der Waals surface area contributed by atoms with Crippen molar-refractivity contribution >= 4 is 28.7 Å². The summed E-state index contributed by atoms with van der Waals surface area (Å²) in [5.74, 6) is -1.98. The van der Waals surface area contributed by atoms with Crippen molar-refractivity contribution in [2.45, 2.75) is 18.9 Å². The van der Waals surface area contributed by atoms with Gasteiger partial charge in [-0.3, -0.25) is 9.59 Å². The maximum Gasteiger partial charge on any atom is 0.326 e. The van der Waals surface area contributed by atoms with Crippen LogP contribution >= 0.6 is 0 Å². The van der Waals surface area contributed by atoms with E-state index in [1.807, 2.05) is 30.3 Å². The van der Waals surface area contributed by atoms with E-state index in [2.05, 4.69) is 15.6 Å². The molecule has 7 heteroatoms. The first-order valence-corrected chi connectivity index (χ1v) is 8.90. The molecule has 3 aromatic rings. The number of carbonyl (C=O) groups is 3. The number of H-pyrrole nitrogens is 1. The van der Waals surface area contributed by atoms with Gasteiger partial charge in [-0.1, -0.05) is 48.5 Å². The predicted molar refractivity (Wildman–Crippen MR) is 105 cm³/mol. The zero-order valence-corrected chi connectivity index (χ0v) is 15.1. The lowest BCUT2D eigenvalue weighted by molar-refractivity contribution is -0.141. The number of amides is 2. The highest BCUT2D eigenvalue weighted by Gasteiger charge is 2.20. The number of hydrogen-bond donors (Lipinski definition) is 4. The first-order chi connectivity index (χ1) is 13.5. The number of carbonyl (C=O) groups excluding carboxylic acids is 2. The molecule has 1 heterocycles. The van der Waals surface area contributed by atoms with Crippen molar-refractivity contribution < 1.29 is 19.5 Å². The van der Waals surface area contributed by atoms with Gasteiger partial charge in [0.15, 0.2) is 0 Å². The second kappa shape index (κ2) is 8.85. The van der Waals surface area contributed by atoms with Gasteiger partial charge in [-0.05, 0) is 17.2 Å². The third-order valence-corrected chi connectivity index (χ3v) is 4.39. The Morgan fingerprint density at radius 1 is 0.964 bits per heavy atom. The van der Waals surface area contributed by atoms with Crippen molar-refractivity contribution in [1.82, 2.24) is 15.6 Å². The van der Waals surface area contributed by atoms with Crippen LogP contribution in [0.2, 0.25) is 0 Å². The van der Waals surface area contributed by atoms with Crippen LogP contribution in [-0.4, -0.2) is 40.5 Å². The number of fused-ring (bicyclic) bond motifs is 1.